The lowest BCUT2D eigenvalue weighted by atomic mass is 10.0. The average Bonchev–Trinajstić information content (AvgIpc) is 2.52. The summed E-state index contributed by atoms with van der Waals surface area (Å²) in [6, 6.07) is 6.69. The molecule has 0 saturated heterocycles. The van der Waals surface area contributed by atoms with Gasteiger partial charge in [0, 0.05) is 12.4 Å². The molecule has 0 unspecified atom stereocenters. The van der Waals surface area contributed by atoms with Crippen molar-refractivity contribution in [2.24, 2.45) is 0 Å². The van der Waals surface area contributed by atoms with Gasteiger partial charge in [-0.2, -0.15) is 13.2 Å². The molecule has 1 N–H and O–H groups in total. The Bertz CT molecular complexity index is 746. The first-order valence-corrected chi connectivity index (χ1v) is 7.91. The predicted octanol–water partition coefficient (Wildman–Crippen LogP) is 3.99. The van der Waals surface area contributed by atoms with E-state index < -0.39 is 17.6 Å². The Morgan fingerprint density at radius 2 is 1.80 bits per heavy atom. The Balaban J connectivity index is 1.98. The molecule has 2 rings (SSSR count). The zero-order valence-corrected chi connectivity index (χ0v) is 14.4. The number of nitrogens with zero attached hydrogens (tertiary/aromatic N) is 2. The van der Waals surface area contributed by atoms with Crippen molar-refractivity contribution in [3.63, 3.8) is 0 Å². The van der Waals surface area contributed by atoms with Crippen LogP contribution in [0.4, 0.5) is 13.2 Å². The summed E-state index contributed by atoms with van der Waals surface area (Å²) in [5.74, 6) is -0.866. The molecule has 4 nitrogen and oxygen atoms in total. The third kappa shape index (κ3) is 5.16. The number of halogens is 4. The van der Waals surface area contributed by atoms with Gasteiger partial charge in [-0.3, -0.25) is 9.78 Å². The number of rotatable bonds is 5. The van der Waals surface area contributed by atoms with Gasteiger partial charge >= 0.3 is 6.18 Å². The topological polar surface area (TPSA) is 54.9 Å². The molecule has 2 aromatic heterocycles. The fourth-order valence-corrected chi connectivity index (χ4v) is 2.21. The summed E-state index contributed by atoms with van der Waals surface area (Å²) in [5, 5.41) is 2.36. The molecule has 134 valence electrons. The van der Waals surface area contributed by atoms with Crippen molar-refractivity contribution >= 4 is 17.5 Å². The summed E-state index contributed by atoms with van der Waals surface area (Å²) in [6.07, 6.45) is -0.0850. The number of aryl methyl sites for hydroxylation is 2. The molecule has 0 aromatic carbocycles. The fraction of sp³-hybridized carbons (Fsp3) is 0.353. The number of carbonyl (C=O) groups excluding carboxylic acids is 1. The van der Waals surface area contributed by atoms with Crippen LogP contribution < -0.4 is 5.32 Å². The first-order valence-electron chi connectivity index (χ1n) is 7.53. The Hall–Kier alpha value is -2.15. The molecule has 0 bridgehead atoms. The Morgan fingerprint density at radius 3 is 2.36 bits per heavy atom. The number of amides is 1. The monoisotopic (exact) mass is 371 g/mol. The summed E-state index contributed by atoms with van der Waals surface area (Å²) in [7, 11) is 0. The van der Waals surface area contributed by atoms with E-state index in [1.807, 2.05) is 11.4 Å². The lowest BCUT2D eigenvalue weighted by molar-refractivity contribution is -0.182. The van der Waals surface area contributed by atoms with Crippen LogP contribution in [0.25, 0.3) is 0 Å². The summed E-state index contributed by atoms with van der Waals surface area (Å²) >= 11 is 5.82. The lowest BCUT2D eigenvalue weighted by Gasteiger charge is -2.28. The van der Waals surface area contributed by atoms with Crippen LogP contribution in [0.2, 0.25) is 5.15 Å². The molecule has 0 radical (unpaired) electrons. The van der Waals surface area contributed by atoms with Crippen LogP contribution in [0.3, 0.4) is 0 Å². The van der Waals surface area contributed by atoms with Gasteiger partial charge in [0.2, 0.25) is 0 Å². The zero-order valence-electron chi connectivity index (χ0n) is 13.7. The first kappa shape index (κ1) is 19.2. The quantitative estimate of drug-likeness (QED) is 0.809. The third-order valence-electron chi connectivity index (χ3n) is 3.69. The normalized spacial score (nSPS) is 12.1. The molecule has 0 atom stereocenters. The van der Waals surface area contributed by atoms with E-state index in [-0.39, 0.29) is 5.69 Å². The second-order valence-corrected chi connectivity index (χ2v) is 6.50. The summed E-state index contributed by atoms with van der Waals surface area (Å²) in [5.41, 5.74) is -0.522. The van der Waals surface area contributed by atoms with Crippen molar-refractivity contribution in [2.45, 2.75) is 38.4 Å². The van der Waals surface area contributed by atoms with Crippen molar-refractivity contribution in [3.05, 3.63) is 58.6 Å². The Kier molecular flexibility index (Phi) is 5.67. The number of nitrogens with one attached hydrogen (secondary N) is 1. The van der Waals surface area contributed by atoms with E-state index in [1.165, 1.54) is 12.3 Å². The van der Waals surface area contributed by atoms with Crippen LogP contribution in [-0.2, 0) is 12.8 Å². The van der Waals surface area contributed by atoms with Crippen LogP contribution in [0.5, 0.6) is 0 Å². The number of pyridine rings is 2. The maximum absolute atomic E-state index is 12.8. The van der Waals surface area contributed by atoms with Gasteiger partial charge in [-0.15, -0.1) is 0 Å². The molecule has 25 heavy (non-hydrogen) atoms. The number of alkyl halides is 3. The Labute approximate surface area is 148 Å². The highest BCUT2D eigenvalue weighted by molar-refractivity contribution is 6.29. The van der Waals surface area contributed by atoms with Crippen LogP contribution in [0.1, 0.15) is 35.5 Å². The minimum Gasteiger partial charge on any atom is -0.337 e. The molecule has 0 aliphatic rings. The standard InChI is InChI=1S/C17H17ClF3N3O/c1-16(2,17(19,20)21)24-15(25)13-6-5-12(10-23-13)4-3-11-7-8-22-14(18)9-11/h5-10H,3-4H2,1-2H3,(H,24,25). The number of hydrogen-bond donors (Lipinski definition) is 1. The number of hydrogen-bond acceptors (Lipinski definition) is 3. The number of aromatic nitrogens is 2. The van der Waals surface area contributed by atoms with Crippen LogP contribution in [0.15, 0.2) is 36.7 Å². The highest BCUT2D eigenvalue weighted by Gasteiger charge is 2.48. The molecule has 8 heteroatoms. The fourth-order valence-electron chi connectivity index (χ4n) is 2.01. The van der Waals surface area contributed by atoms with Gasteiger partial charge in [0.15, 0.2) is 0 Å². The van der Waals surface area contributed by atoms with Crippen molar-refractivity contribution in [2.75, 3.05) is 0 Å². The van der Waals surface area contributed by atoms with E-state index in [0.29, 0.717) is 18.0 Å². The highest BCUT2D eigenvalue weighted by atomic mass is 35.5. The lowest BCUT2D eigenvalue weighted by Crippen LogP contribution is -2.54. The molecule has 2 aromatic rings. The molecule has 1 amide bonds. The summed E-state index contributed by atoms with van der Waals surface area (Å²) in [4.78, 5) is 19.8. The van der Waals surface area contributed by atoms with Gasteiger partial charge in [-0.05, 0) is 56.0 Å². The van der Waals surface area contributed by atoms with E-state index in [1.54, 1.807) is 18.3 Å². The zero-order chi connectivity index (χ0) is 18.7. The van der Waals surface area contributed by atoms with Gasteiger partial charge in [0.05, 0.1) is 0 Å². The Morgan fingerprint density at radius 1 is 1.12 bits per heavy atom. The van der Waals surface area contributed by atoms with Gasteiger partial charge in [-0.25, -0.2) is 4.98 Å². The molecule has 0 aliphatic carbocycles. The minimum absolute atomic E-state index is 0.0620. The molecular formula is C17H17ClF3N3O. The van der Waals surface area contributed by atoms with Gasteiger partial charge in [0.1, 0.15) is 16.4 Å². The summed E-state index contributed by atoms with van der Waals surface area (Å²) < 4.78 is 38.4. The van der Waals surface area contributed by atoms with E-state index in [2.05, 4.69) is 9.97 Å². The molecule has 0 fully saturated rings. The van der Waals surface area contributed by atoms with Crippen molar-refractivity contribution in [1.29, 1.82) is 0 Å². The predicted molar refractivity (Wildman–Crippen MR) is 88.5 cm³/mol. The average molecular weight is 372 g/mol. The smallest absolute Gasteiger partial charge is 0.337 e. The maximum atomic E-state index is 12.8. The minimum atomic E-state index is -4.55. The first-order chi connectivity index (χ1) is 11.6. The van der Waals surface area contributed by atoms with Crippen LogP contribution in [-0.4, -0.2) is 27.6 Å². The van der Waals surface area contributed by atoms with Gasteiger partial charge < -0.3 is 5.32 Å². The molecule has 0 saturated carbocycles. The maximum Gasteiger partial charge on any atom is 0.410 e. The molecule has 0 aliphatic heterocycles. The molecule has 2 heterocycles. The van der Waals surface area contributed by atoms with Crippen molar-refractivity contribution in [3.8, 4) is 0 Å². The summed E-state index contributed by atoms with van der Waals surface area (Å²) in [6.45, 7) is 1.80. The SMILES string of the molecule is CC(C)(NC(=O)c1ccc(CCc2ccnc(Cl)c2)cn1)C(F)(F)F. The second kappa shape index (κ2) is 7.39. The van der Waals surface area contributed by atoms with Crippen LogP contribution >= 0.6 is 11.6 Å². The largest absolute Gasteiger partial charge is 0.410 e. The number of carbonyl (C=O) groups is 1. The molecule has 0 spiro atoms. The third-order valence-corrected chi connectivity index (χ3v) is 3.89. The van der Waals surface area contributed by atoms with Gasteiger partial charge in [-0.1, -0.05) is 17.7 Å². The van der Waals surface area contributed by atoms with E-state index in [0.717, 1.165) is 25.0 Å². The van der Waals surface area contributed by atoms with E-state index in [4.69, 9.17) is 11.6 Å². The van der Waals surface area contributed by atoms with E-state index >= 15 is 0 Å². The molecular weight excluding hydrogens is 355 g/mol. The van der Waals surface area contributed by atoms with Crippen molar-refractivity contribution < 1.29 is 18.0 Å². The van der Waals surface area contributed by atoms with Crippen LogP contribution in [0, 0.1) is 0 Å². The van der Waals surface area contributed by atoms with Crippen molar-refractivity contribution in [1.82, 2.24) is 15.3 Å². The second-order valence-electron chi connectivity index (χ2n) is 6.12. The van der Waals surface area contributed by atoms with E-state index in [9.17, 15) is 18.0 Å². The van der Waals surface area contributed by atoms with Gasteiger partial charge in [0.25, 0.3) is 5.91 Å². The highest BCUT2D eigenvalue weighted by Crippen LogP contribution is 2.29.